The maximum Gasteiger partial charge on any atom is 0.165 e. The van der Waals surface area contributed by atoms with E-state index in [4.69, 9.17) is 15.0 Å². The van der Waals surface area contributed by atoms with Crippen molar-refractivity contribution >= 4 is 53.3 Å². The van der Waals surface area contributed by atoms with Crippen molar-refractivity contribution in [1.29, 1.82) is 0 Å². The van der Waals surface area contributed by atoms with E-state index in [1.165, 1.54) is 75.4 Å². The number of hydrogen-bond acceptors (Lipinski definition) is 4. The van der Waals surface area contributed by atoms with Gasteiger partial charge in [-0.05, 0) is 98.2 Å². The minimum Gasteiger partial charge on any atom is -0.309 e. The van der Waals surface area contributed by atoms with Gasteiger partial charge in [-0.2, -0.15) is 0 Å². The molecule has 0 unspecified atom stereocenters. The molecular formula is C57H48N4S. The standard InChI is InChI=1S/C57H48N4S/c1-54(2)43-26-14-12-22-36(43)40-29-41-42-30-45-46(56(5,6)57(7,8)55(45,3)4)32-48(42)61(47(41)31-44(40)54)35-21-16-20-34(28-35)52-58-51(33-18-10-9-11-19-33)59-53(60-52)39-25-17-24-38-37-23-13-15-27-49(37)62-50(38)39/h9-32H,1-8H3. The van der Waals surface area contributed by atoms with Crippen LogP contribution in [0.5, 0.6) is 0 Å². The summed E-state index contributed by atoms with van der Waals surface area (Å²) < 4.78 is 4.95. The normalized spacial score (nSPS) is 16.6. The van der Waals surface area contributed by atoms with Crippen LogP contribution in [-0.4, -0.2) is 19.5 Å². The molecular weight excluding hydrogens is 773 g/mol. The smallest absolute Gasteiger partial charge is 0.165 e. The van der Waals surface area contributed by atoms with Crippen molar-refractivity contribution in [2.75, 3.05) is 0 Å². The second-order valence-corrected chi connectivity index (χ2v) is 20.8. The number of thiophene rings is 1. The molecule has 0 saturated carbocycles. The lowest BCUT2D eigenvalue weighted by atomic mass is 9.59. The summed E-state index contributed by atoms with van der Waals surface area (Å²) in [6.07, 6.45) is 0. The molecule has 0 radical (unpaired) electrons. The zero-order valence-corrected chi connectivity index (χ0v) is 37.4. The maximum atomic E-state index is 5.33. The second-order valence-electron chi connectivity index (χ2n) is 19.7. The Hall–Kier alpha value is -6.43. The number of hydrogen-bond donors (Lipinski definition) is 0. The van der Waals surface area contributed by atoms with Crippen LogP contribution in [0.25, 0.3) is 93.0 Å². The van der Waals surface area contributed by atoms with Gasteiger partial charge in [-0.25, -0.2) is 15.0 Å². The highest BCUT2D eigenvalue weighted by Crippen LogP contribution is 2.62. The van der Waals surface area contributed by atoms with Crippen LogP contribution in [0.2, 0.25) is 0 Å². The molecule has 0 fully saturated rings. The predicted octanol–water partition coefficient (Wildman–Crippen LogP) is 15.2. The van der Waals surface area contributed by atoms with E-state index >= 15 is 0 Å². The quantitative estimate of drug-likeness (QED) is 0.178. The highest BCUT2D eigenvalue weighted by atomic mass is 32.1. The molecule has 2 aliphatic rings. The molecule has 0 bridgehead atoms. The molecule has 7 aromatic carbocycles. The third kappa shape index (κ3) is 4.91. The van der Waals surface area contributed by atoms with Crippen molar-refractivity contribution in [2.45, 2.75) is 71.6 Å². The van der Waals surface area contributed by atoms with Gasteiger partial charge in [-0.15, -0.1) is 11.3 Å². The minimum absolute atomic E-state index is 0.0211. The van der Waals surface area contributed by atoms with Crippen molar-refractivity contribution in [1.82, 2.24) is 19.5 Å². The third-order valence-corrected chi connectivity index (χ3v) is 17.0. The van der Waals surface area contributed by atoms with Crippen LogP contribution in [0, 0.1) is 5.41 Å². The largest absolute Gasteiger partial charge is 0.309 e. The SMILES string of the molecule is CC1(C)c2ccccc2-c2cc3c4cc5c(cc4n(-c4cccc(-c6nc(-c7ccccc7)nc(-c7cccc8c7sc7ccccc78)n6)c4)c3cc21)C(C)(C)C(C)(C)C5(C)C. The molecule has 4 nitrogen and oxygen atoms in total. The van der Waals surface area contributed by atoms with Crippen LogP contribution in [0.3, 0.4) is 0 Å². The molecule has 2 aliphatic carbocycles. The van der Waals surface area contributed by atoms with Crippen LogP contribution >= 0.6 is 11.3 Å². The number of fused-ring (bicyclic) bond motifs is 10. The summed E-state index contributed by atoms with van der Waals surface area (Å²) in [6, 6.07) is 53.3. The van der Waals surface area contributed by atoms with Crippen molar-refractivity contribution < 1.29 is 0 Å². The molecule has 0 spiro atoms. The Morgan fingerprint density at radius 1 is 0.419 bits per heavy atom. The summed E-state index contributed by atoms with van der Waals surface area (Å²) >= 11 is 1.80. The van der Waals surface area contributed by atoms with E-state index in [-0.39, 0.29) is 21.7 Å². The molecule has 0 aliphatic heterocycles. The summed E-state index contributed by atoms with van der Waals surface area (Å²) in [5.41, 5.74) is 14.6. The first-order valence-corrected chi connectivity index (χ1v) is 22.7. The summed E-state index contributed by atoms with van der Waals surface area (Å²) in [7, 11) is 0. The monoisotopic (exact) mass is 820 g/mol. The fourth-order valence-corrected chi connectivity index (χ4v) is 12.3. The molecule has 0 N–H and O–H groups in total. The Balaban J connectivity index is 1.11. The average molecular weight is 821 g/mol. The second kappa shape index (κ2) is 12.6. The number of benzene rings is 7. The summed E-state index contributed by atoms with van der Waals surface area (Å²) in [4.78, 5) is 15.7. The minimum atomic E-state index is -0.134. The number of aromatic nitrogens is 4. The van der Waals surface area contributed by atoms with E-state index in [1.807, 2.05) is 18.2 Å². The van der Waals surface area contributed by atoms with Gasteiger partial charge >= 0.3 is 0 Å². The molecule has 3 heterocycles. The molecule has 0 atom stereocenters. The van der Waals surface area contributed by atoms with Crippen LogP contribution in [-0.2, 0) is 16.2 Å². The lowest BCUT2D eigenvalue weighted by Crippen LogP contribution is -2.42. The molecule has 302 valence electrons. The van der Waals surface area contributed by atoms with E-state index in [9.17, 15) is 0 Å². The van der Waals surface area contributed by atoms with E-state index in [1.54, 1.807) is 11.3 Å². The molecule has 0 amide bonds. The number of nitrogens with zero attached hydrogens (tertiary/aromatic N) is 4. The van der Waals surface area contributed by atoms with E-state index in [0.717, 1.165) is 22.4 Å². The first-order chi connectivity index (χ1) is 29.8. The fraction of sp³-hybridized carbons (Fsp3) is 0.211. The van der Waals surface area contributed by atoms with E-state index in [2.05, 4.69) is 187 Å². The van der Waals surface area contributed by atoms with Crippen LogP contribution in [0.4, 0.5) is 0 Å². The Labute approximate surface area is 367 Å². The van der Waals surface area contributed by atoms with Crippen molar-refractivity contribution in [2.24, 2.45) is 5.41 Å². The predicted molar refractivity (Wildman–Crippen MR) is 261 cm³/mol. The van der Waals surface area contributed by atoms with Gasteiger partial charge in [0.15, 0.2) is 17.5 Å². The van der Waals surface area contributed by atoms with E-state index in [0.29, 0.717) is 17.5 Å². The Morgan fingerprint density at radius 2 is 1.00 bits per heavy atom. The average Bonchev–Trinajstić information content (AvgIpc) is 3.92. The molecule has 5 heteroatoms. The Morgan fingerprint density at radius 3 is 1.79 bits per heavy atom. The van der Waals surface area contributed by atoms with Gasteiger partial charge in [-0.3, -0.25) is 0 Å². The van der Waals surface area contributed by atoms with Crippen molar-refractivity contribution in [3.05, 3.63) is 168 Å². The van der Waals surface area contributed by atoms with Gasteiger partial charge in [0.25, 0.3) is 0 Å². The van der Waals surface area contributed by atoms with Crippen LogP contribution in [0.15, 0.2) is 146 Å². The van der Waals surface area contributed by atoms with Gasteiger partial charge in [-0.1, -0.05) is 152 Å². The fourth-order valence-electron chi connectivity index (χ4n) is 11.1. The first kappa shape index (κ1) is 37.3. The zero-order valence-electron chi connectivity index (χ0n) is 36.6. The van der Waals surface area contributed by atoms with Crippen molar-refractivity contribution in [3.8, 4) is 51.0 Å². The number of rotatable bonds is 4. The maximum absolute atomic E-state index is 5.33. The van der Waals surface area contributed by atoms with Gasteiger partial charge in [0.1, 0.15) is 0 Å². The highest BCUT2D eigenvalue weighted by molar-refractivity contribution is 7.26. The van der Waals surface area contributed by atoms with Gasteiger partial charge in [0.2, 0.25) is 0 Å². The summed E-state index contributed by atoms with van der Waals surface area (Å²) in [5, 5.41) is 5.05. The molecule has 12 rings (SSSR count). The van der Waals surface area contributed by atoms with E-state index < -0.39 is 0 Å². The summed E-state index contributed by atoms with van der Waals surface area (Å²) in [6.45, 7) is 19.4. The van der Waals surface area contributed by atoms with Gasteiger partial charge in [0, 0.05) is 58.7 Å². The topological polar surface area (TPSA) is 43.6 Å². The molecule has 62 heavy (non-hydrogen) atoms. The Kier molecular flexibility index (Phi) is 7.58. The third-order valence-electron chi connectivity index (χ3n) is 15.8. The molecule has 10 aromatic rings. The first-order valence-electron chi connectivity index (χ1n) is 21.9. The Bertz CT molecular complexity index is 3530. The van der Waals surface area contributed by atoms with Crippen molar-refractivity contribution in [3.63, 3.8) is 0 Å². The van der Waals surface area contributed by atoms with Gasteiger partial charge in [0.05, 0.1) is 11.0 Å². The lowest BCUT2D eigenvalue weighted by Gasteiger charge is -2.44. The van der Waals surface area contributed by atoms with Crippen LogP contribution < -0.4 is 0 Å². The highest BCUT2D eigenvalue weighted by Gasteiger charge is 2.57. The molecule has 3 aromatic heterocycles. The van der Waals surface area contributed by atoms with Gasteiger partial charge < -0.3 is 4.57 Å². The molecule has 0 saturated heterocycles. The summed E-state index contributed by atoms with van der Waals surface area (Å²) in [5.74, 6) is 1.98. The zero-order chi connectivity index (χ0) is 42.5. The lowest BCUT2D eigenvalue weighted by molar-refractivity contribution is 0.125. The van der Waals surface area contributed by atoms with Crippen LogP contribution in [0.1, 0.15) is 77.6 Å².